The number of carbonyl (C=O) groups excluding carboxylic acids is 1. The van der Waals surface area contributed by atoms with Crippen LogP contribution in [-0.4, -0.2) is 27.4 Å². The molecule has 2 aromatic carbocycles. The number of amides is 1. The first-order valence-electron chi connectivity index (χ1n) is 8.23. The molecule has 26 heavy (non-hydrogen) atoms. The van der Waals surface area contributed by atoms with Gasteiger partial charge in [0, 0.05) is 25.7 Å². The van der Waals surface area contributed by atoms with Gasteiger partial charge < -0.3 is 4.90 Å². The average Bonchev–Trinajstić information content (AvgIpc) is 2.51. The van der Waals surface area contributed by atoms with E-state index in [1.54, 1.807) is 0 Å². The van der Waals surface area contributed by atoms with Gasteiger partial charge in [-0.2, -0.15) is 0 Å². The molecular formula is C19H23FN2O3S. The van der Waals surface area contributed by atoms with Crippen LogP contribution in [0.15, 0.2) is 41.3 Å². The summed E-state index contributed by atoms with van der Waals surface area (Å²) in [4.78, 5) is 13.6. The molecule has 0 atom stereocenters. The number of anilines is 1. The van der Waals surface area contributed by atoms with Crippen LogP contribution in [0.2, 0.25) is 0 Å². The highest BCUT2D eigenvalue weighted by Gasteiger charge is 2.19. The molecule has 5 nitrogen and oxygen atoms in total. The molecule has 0 fully saturated rings. The molecule has 0 aromatic heterocycles. The van der Waals surface area contributed by atoms with Gasteiger partial charge in [0.15, 0.2) is 0 Å². The highest BCUT2D eigenvalue weighted by Crippen LogP contribution is 2.21. The van der Waals surface area contributed by atoms with Crippen LogP contribution >= 0.6 is 0 Å². The third-order valence-electron chi connectivity index (χ3n) is 4.08. The molecule has 0 aliphatic heterocycles. The largest absolute Gasteiger partial charge is 0.311 e. The number of rotatable bonds is 6. The molecule has 1 amide bonds. The molecule has 0 radical (unpaired) electrons. The van der Waals surface area contributed by atoms with Gasteiger partial charge in [-0.3, -0.25) is 4.79 Å². The van der Waals surface area contributed by atoms with Crippen LogP contribution in [0.25, 0.3) is 0 Å². The molecule has 0 saturated heterocycles. The molecule has 0 aliphatic rings. The van der Waals surface area contributed by atoms with Crippen LogP contribution in [0.5, 0.6) is 0 Å². The lowest BCUT2D eigenvalue weighted by Crippen LogP contribution is -2.38. The first kappa shape index (κ1) is 20.1. The lowest BCUT2D eigenvalue weighted by atomic mass is 10.1. The van der Waals surface area contributed by atoms with E-state index in [1.807, 2.05) is 32.0 Å². The van der Waals surface area contributed by atoms with Crippen molar-refractivity contribution in [1.29, 1.82) is 0 Å². The highest BCUT2D eigenvalue weighted by atomic mass is 32.2. The first-order chi connectivity index (χ1) is 12.1. The van der Waals surface area contributed by atoms with E-state index in [9.17, 15) is 17.6 Å². The van der Waals surface area contributed by atoms with Crippen molar-refractivity contribution in [2.75, 3.05) is 18.0 Å². The number of nitrogens with one attached hydrogen (secondary N) is 1. The second kappa shape index (κ2) is 7.97. The van der Waals surface area contributed by atoms with E-state index >= 15 is 0 Å². The van der Waals surface area contributed by atoms with Crippen molar-refractivity contribution in [3.63, 3.8) is 0 Å². The van der Waals surface area contributed by atoms with Crippen LogP contribution in [0.3, 0.4) is 0 Å². The Kier molecular flexibility index (Phi) is 6.15. The quantitative estimate of drug-likeness (QED) is 0.840. The van der Waals surface area contributed by atoms with Crippen molar-refractivity contribution in [2.45, 2.75) is 32.6 Å². The first-order valence-corrected chi connectivity index (χ1v) is 9.71. The lowest BCUT2D eigenvalue weighted by molar-refractivity contribution is -0.116. The van der Waals surface area contributed by atoms with E-state index < -0.39 is 15.8 Å². The van der Waals surface area contributed by atoms with Gasteiger partial charge in [-0.05, 0) is 56.2 Å². The Balaban J connectivity index is 2.13. The second-order valence-electron chi connectivity index (χ2n) is 6.27. The number of halogens is 1. The molecule has 0 aliphatic carbocycles. The Morgan fingerprint density at radius 2 is 1.77 bits per heavy atom. The standard InChI is InChI=1S/C19H23FN2O3S/c1-13-5-7-18(14(2)11-13)22(16(4)23)10-9-21-26(24,25)19-8-6-17(20)12-15(19)3/h5-8,11-12,21H,9-10H2,1-4H3. The predicted octanol–water partition coefficient (Wildman–Crippen LogP) is 3.08. The Hall–Kier alpha value is -2.25. The Labute approximate surface area is 153 Å². The molecule has 0 heterocycles. The van der Waals surface area contributed by atoms with Gasteiger partial charge in [0.2, 0.25) is 15.9 Å². The molecule has 140 valence electrons. The maximum Gasteiger partial charge on any atom is 0.240 e. The van der Waals surface area contributed by atoms with Crippen LogP contribution in [0, 0.1) is 26.6 Å². The number of hydrogen-bond donors (Lipinski definition) is 1. The van der Waals surface area contributed by atoms with Crippen molar-refractivity contribution in [3.05, 3.63) is 58.9 Å². The summed E-state index contributed by atoms with van der Waals surface area (Å²) < 4.78 is 40.5. The van der Waals surface area contributed by atoms with Crippen molar-refractivity contribution in [1.82, 2.24) is 4.72 Å². The Morgan fingerprint density at radius 1 is 1.08 bits per heavy atom. The SMILES string of the molecule is CC(=O)N(CCNS(=O)(=O)c1ccc(F)cc1C)c1ccc(C)cc1C. The zero-order valence-corrected chi connectivity index (χ0v) is 16.2. The van der Waals surface area contributed by atoms with Crippen molar-refractivity contribution < 1.29 is 17.6 Å². The maximum absolute atomic E-state index is 13.2. The molecule has 2 aromatic rings. The number of sulfonamides is 1. The fourth-order valence-corrected chi connectivity index (χ4v) is 4.09. The van der Waals surface area contributed by atoms with Crippen LogP contribution in [-0.2, 0) is 14.8 Å². The van der Waals surface area contributed by atoms with E-state index in [2.05, 4.69) is 4.72 Å². The van der Waals surface area contributed by atoms with Crippen molar-refractivity contribution in [2.24, 2.45) is 0 Å². The minimum absolute atomic E-state index is 0.0276. The van der Waals surface area contributed by atoms with E-state index in [-0.39, 0.29) is 23.9 Å². The summed E-state index contributed by atoms with van der Waals surface area (Å²) in [6, 6.07) is 9.25. The summed E-state index contributed by atoms with van der Waals surface area (Å²) in [5.41, 5.74) is 3.11. The van der Waals surface area contributed by atoms with E-state index in [4.69, 9.17) is 0 Å². The zero-order chi connectivity index (χ0) is 19.5. The zero-order valence-electron chi connectivity index (χ0n) is 15.3. The number of benzene rings is 2. The predicted molar refractivity (Wildman–Crippen MR) is 100 cm³/mol. The summed E-state index contributed by atoms with van der Waals surface area (Å²) >= 11 is 0. The monoisotopic (exact) mass is 378 g/mol. The fourth-order valence-electron chi connectivity index (χ4n) is 2.84. The van der Waals surface area contributed by atoms with Gasteiger partial charge in [0.05, 0.1) is 4.90 Å². The van der Waals surface area contributed by atoms with E-state index in [0.717, 1.165) is 22.9 Å². The minimum Gasteiger partial charge on any atom is -0.311 e. The molecule has 2 rings (SSSR count). The Bertz CT molecular complexity index is 926. The summed E-state index contributed by atoms with van der Waals surface area (Å²) in [6.07, 6.45) is 0. The third-order valence-corrected chi connectivity index (χ3v) is 5.70. The Morgan fingerprint density at radius 3 is 2.35 bits per heavy atom. The summed E-state index contributed by atoms with van der Waals surface area (Å²) in [5.74, 6) is -0.659. The molecular weight excluding hydrogens is 355 g/mol. The molecule has 7 heteroatoms. The highest BCUT2D eigenvalue weighted by molar-refractivity contribution is 7.89. The van der Waals surface area contributed by atoms with Gasteiger partial charge in [0.1, 0.15) is 5.82 Å². The number of carbonyl (C=O) groups is 1. The van der Waals surface area contributed by atoms with Crippen LogP contribution in [0.4, 0.5) is 10.1 Å². The van der Waals surface area contributed by atoms with Crippen LogP contribution in [0.1, 0.15) is 23.6 Å². The fraction of sp³-hybridized carbons (Fsp3) is 0.316. The van der Waals surface area contributed by atoms with Gasteiger partial charge >= 0.3 is 0 Å². The average molecular weight is 378 g/mol. The number of aryl methyl sites for hydroxylation is 3. The van der Waals surface area contributed by atoms with Crippen LogP contribution < -0.4 is 9.62 Å². The van der Waals surface area contributed by atoms with Gasteiger partial charge in [-0.1, -0.05) is 17.7 Å². The molecule has 0 saturated carbocycles. The summed E-state index contributed by atoms with van der Waals surface area (Å²) in [7, 11) is -3.78. The number of hydrogen-bond acceptors (Lipinski definition) is 3. The van der Waals surface area contributed by atoms with Crippen molar-refractivity contribution >= 4 is 21.6 Å². The topological polar surface area (TPSA) is 66.5 Å². The van der Waals surface area contributed by atoms with E-state index in [0.29, 0.717) is 5.56 Å². The van der Waals surface area contributed by atoms with Gasteiger partial charge in [0.25, 0.3) is 0 Å². The van der Waals surface area contributed by atoms with Crippen molar-refractivity contribution in [3.8, 4) is 0 Å². The molecule has 0 spiro atoms. The smallest absolute Gasteiger partial charge is 0.240 e. The summed E-state index contributed by atoms with van der Waals surface area (Å²) in [6.45, 7) is 7.09. The van der Waals surface area contributed by atoms with Gasteiger partial charge in [-0.25, -0.2) is 17.5 Å². The third kappa shape index (κ3) is 4.68. The minimum atomic E-state index is -3.78. The molecule has 0 bridgehead atoms. The molecule has 0 unspecified atom stereocenters. The second-order valence-corrected chi connectivity index (χ2v) is 8.00. The van der Waals surface area contributed by atoms with Gasteiger partial charge in [-0.15, -0.1) is 0 Å². The number of nitrogens with zero attached hydrogens (tertiary/aromatic N) is 1. The lowest BCUT2D eigenvalue weighted by Gasteiger charge is -2.23. The maximum atomic E-state index is 13.2. The summed E-state index contributed by atoms with van der Waals surface area (Å²) in [5, 5.41) is 0. The normalized spacial score (nSPS) is 11.4. The molecule has 1 N–H and O–H groups in total. The van der Waals surface area contributed by atoms with E-state index in [1.165, 1.54) is 30.9 Å².